The second-order valence-corrected chi connectivity index (χ2v) is 6.45. The maximum atomic E-state index is 6.29. The standard InChI is InChI=1S/C19H33ClN4O2/c1-5-21-19(23-11-13-24(2)12-6-14-25-3)22-10-9-16-7-8-17(26-4)15-18(16)20/h7-8,15H,5-6,9-14H2,1-4H3,(H2,21,22,23). The van der Waals surface area contributed by atoms with Crippen molar-refractivity contribution in [3.05, 3.63) is 28.8 Å². The van der Waals surface area contributed by atoms with Crippen LogP contribution in [0.4, 0.5) is 0 Å². The summed E-state index contributed by atoms with van der Waals surface area (Å²) in [4.78, 5) is 6.90. The Bertz CT molecular complexity index is 540. The van der Waals surface area contributed by atoms with E-state index in [2.05, 4.69) is 34.5 Å². The summed E-state index contributed by atoms with van der Waals surface area (Å²) in [5.74, 6) is 1.61. The highest BCUT2D eigenvalue weighted by molar-refractivity contribution is 6.31. The summed E-state index contributed by atoms with van der Waals surface area (Å²) in [6.07, 6.45) is 1.86. The van der Waals surface area contributed by atoms with Gasteiger partial charge >= 0.3 is 0 Å². The van der Waals surface area contributed by atoms with Crippen molar-refractivity contribution in [2.24, 2.45) is 4.99 Å². The van der Waals surface area contributed by atoms with Crippen LogP contribution >= 0.6 is 11.6 Å². The third-order valence-electron chi connectivity index (χ3n) is 3.93. The number of aliphatic imine (C=N–C) groups is 1. The lowest BCUT2D eigenvalue weighted by Crippen LogP contribution is -2.39. The molecule has 6 nitrogen and oxygen atoms in total. The zero-order chi connectivity index (χ0) is 19.2. The van der Waals surface area contributed by atoms with Gasteiger partial charge in [0.25, 0.3) is 0 Å². The quantitative estimate of drug-likeness (QED) is 0.329. The van der Waals surface area contributed by atoms with Crippen molar-refractivity contribution in [2.75, 3.05) is 60.6 Å². The van der Waals surface area contributed by atoms with E-state index < -0.39 is 0 Å². The molecule has 1 aromatic carbocycles. The minimum absolute atomic E-state index is 0.728. The van der Waals surface area contributed by atoms with Gasteiger partial charge in [-0.1, -0.05) is 17.7 Å². The Balaban J connectivity index is 2.39. The molecular weight excluding hydrogens is 352 g/mol. The Labute approximate surface area is 162 Å². The molecule has 7 heteroatoms. The third kappa shape index (κ3) is 9.27. The largest absolute Gasteiger partial charge is 0.497 e. The van der Waals surface area contributed by atoms with Crippen LogP contribution in [-0.2, 0) is 11.2 Å². The normalized spacial score (nSPS) is 11.7. The minimum Gasteiger partial charge on any atom is -0.497 e. The average molecular weight is 385 g/mol. The van der Waals surface area contributed by atoms with Crippen LogP contribution in [0, 0.1) is 0 Å². The number of halogens is 1. The van der Waals surface area contributed by atoms with Gasteiger partial charge in [0.2, 0.25) is 0 Å². The zero-order valence-corrected chi connectivity index (χ0v) is 17.2. The van der Waals surface area contributed by atoms with Crippen LogP contribution in [-0.4, -0.2) is 71.5 Å². The lowest BCUT2D eigenvalue weighted by molar-refractivity contribution is 0.180. The van der Waals surface area contributed by atoms with Crippen LogP contribution in [0.1, 0.15) is 18.9 Å². The van der Waals surface area contributed by atoms with Crippen LogP contribution < -0.4 is 15.4 Å². The Morgan fingerprint density at radius 1 is 1.23 bits per heavy atom. The molecule has 26 heavy (non-hydrogen) atoms. The van der Waals surface area contributed by atoms with E-state index in [1.165, 1.54) is 0 Å². The van der Waals surface area contributed by atoms with Gasteiger partial charge in [0, 0.05) is 44.9 Å². The van der Waals surface area contributed by atoms with Gasteiger partial charge in [0.15, 0.2) is 5.96 Å². The number of nitrogens with one attached hydrogen (secondary N) is 2. The number of methoxy groups -OCH3 is 2. The molecule has 0 aliphatic rings. The third-order valence-corrected chi connectivity index (χ3v) is 4.28. The fraction of sp³-hybridized carbons (Fsp3) is 0.632. The summed E-state index contributed by atoms with van der Waals surface area (Å²) in [6.45, 7) is 7.15. The smallest absolute Gasteiger partial charge is 0.191 e. The molecule has 0 spiro atoms. The van der Waals surface area contributed by atoms with Gasteiger partial charge in [-0.15, -0.1) is 0 Å². The number of rotatable bonds is 12. The van der Waals surface area contributed by atoms with Crippen LogP contribution in [0.2, 0.25) is 5.02 Å². The molecule has 0 radical (unpaired) electrons. The first-order valence-electron chi connectivity index (χ1n) is 9.12. The predicted molar refractivity (Wildman–Crippen MR) is 110 cm³/mol. The minimum atomic E-state index is 0.728. The van der Waals surface area contributed by atoms with Gasteiger partial charge in [-0.3, -0.25) is 4.99 Å². The van der Waals surface area contributed by atoms with E-state index in [0.29, 0.717) is 0 Å². The van der Waals surface area contributed by atoms with Crippen molar-refractivity contribution < 1.29 is 9.47 Å². The summed E-state index contributed by atoms with van der Waals surface area (Å²) in [7, 11) is 5.48. The second-order valence-electron chi connectivity index (χ2n) is 6.04. The Hall–Kier alpha value is -1.50. The highest BCUT2D eigenvalue weighted by atomic mass is 35.5. The number of nitrogens with zero attached hydrogens (tertiary/aromatic N) is 2. The Morgan fingerprint density at radius 2 is 2.04 bits per heavy atom. The molecule has 2 N–H and O–H groups in total. The molecular formula is C19H33ClN4O2. The summed E-state index contributed by atoms with van der Waals surface area (Å²) in [5, 5.41) is 7.36. The van der Waals surface area contributed by atoms with Crippen molar-refractivity contribution >= 4 is 17.6 Å². The topological polar surface area (TPSA) is 58.1 Å². The van der Waals surface area contributed by atoms with Gasteiger partial charge in [0.05, 0.1) is 13.7 Å². The van der Waals surface area contributed by atoms with Crippen molar-refractivity contribution in [1.29, 1.82) is 0 Å². The maximum Gasteiger partial charge on any atom is 0.191 e. The highest BCUT2D eigenvalue weighted by Gasteiger charge is 2.04. The summed E-state index contributed by atoms with van der Waals surface area (Å²) in [6, 6.07) is 5.78. The number of ether oxygens (including phenoxy) is 2. The van der Waals surface area contributed by atoms with Gasteiger partial charge < -0.3 is 25.0 Å². The van der Waals surface area contributed by atoms with E-state index in [1.54, 1.807) is 14.2 Å². The fourth-order valence-electron chi connectivity index (χ4n) is 2.44. The predicted octanol–water partition coefficient (Wildman–Crippen LogP) is 2.41. The fourth-order valence-corrected chi connectivity index (χ4v) is 2.70. The van der Waals surface area contributed by atoms with E-state index in [-0.39, 0.29) is 0 Å². The zero-order valence-electron chi connectivity index (χ0n) is 16.5. The molecule has 0 saturated carbocycles. The summed E-state index contributed by atoms with van der Waals surface area (Å²) < 4.78 is 10.3. The van der Waals surface area contributed by atoms with Crippen molar-refractivity contribution in [3.8, 4) is 5.75 Å². The first-order valence-corrected chi connectivity index (χ1v) is 9.50. The Morgan fingerprint density at radius 3 is 2.69 bits per heavy atom. The van der Waals surface area contributed by atoms with E-state index in [9.17, 15) is 0 Å². The van der Waals surface area contributed by atoms with Gasteiger partial charge in [-0.2, -0.15) is 0 Å². The van der Waals surface area contributed by atoms with E-state index in [0.717, 1.165) is 74.5 Å². The summed E-state index contributed by atoms with van der Waals surface area (Å²) >= 11 is 6.29. The molecule has 0 bridgehead atoms. The first kappa shape index (κ1) is 22.5. The van der Waals surface area contributed by atoms with E-state index in [4.69, 9.17) is 21.1 Å². The number of likely N-dealkylation sites (N-methyl/N-ethyl adjacent to an activating group) is 1. The maximum absolute atomic E-state index is 6.29. The average Bonchev–Trinajstić information content (AvgIpc) is 2.63. The number of hydrogen-bond donors (Lipinski definition) is 2. The Kier molecular flexibility index (Phi) is 11.9. The molecule has 0 atom stereocenters. The molecule has 0 aromatic heterocycles. The van der Waals surface area contributed by atoms with Gasteiger partial charge in [-0.25, -0.2) is 0 Å². The molecule has 1 aromatic rings. The lowest BCUT2D eigenvalue weighted by atomic mass is 10.1. The second kappa shape index (κ2) is 13.7. The van der Waals surface area contributed by atoms with Gasteiger partial charge in [0.1, 0.15) is 5.75 Å². The molecule has 1 rings (SSSR count). The molecule has 0 heterocycles. The SMILES string of the molecule is CCNC(=NCCN(C)CCCOC)NCCc1ccc(OC)cc1Cl. The van der Waals surface area contributed by atoms with Crippen molar-refractivity contribution in [3.63, 3.8) is 0 Å². The molecule has 0 amide bonds. The van der Waals surface area contributed by atoms with Crippen LogP contribution in [0.25, 0.3) is 0 Å². The lowest BCUT2D eigenvalue weighted by Gasteiger charge is -2.16. The molecule has 0 aliphatic carbocycles. The molecule has 0 fully saturated rings. The molecule has 0 saturated heterocycles. The van der Waals surface area contributed by atoms with E-state index in [1.807, 2.05) is 18.2 Å². The first-order chi connectivity index (χ1) is 12.6. The van der Waals surface area contributed by atoms with E-state index >= 15 is 0 Å². The summed E-state index contributed by atoms with van der Waals surface area (Å²) in [5.41, 5.74) is 1.09. The van der Waals surface area contributed by atoms with Crippen LogP contribution in [0.5, 0.6) is 5.75 Å². The highest BCUT2D eigenvalue weighted by Crippen LogP contribution is 2.22. The monoisotopic (exact) mass is 384 g/mol. The van der Waals surface area contributed by atoms with Crippen LogP contribution in [0.15, 0.2) is 23.2 Å². The number of guanidine groups is 1. The van der Waals surface area contributed by atoms with Gasteiger partial charge in [-0.05, 0) is 44.5 Å². The van der Waals surface area contributed by atoms with Crippen LogP contribution in [0.3, 0.4) is 0 Å². The molecule has 148 valence electrons. The number of benzene rings is 1. The van der Waals surface area contributed by atoms with Crippen molar-refractivity contribution in [2.45, 2.75) is 19.8 Å². The molecule has 0 aliphatic heterocycles. The van der Waals surface area contributed by atoms with Crippen molar-refractivity contribution in [1.82, 2.24) is 15.5 Å². The molecule has 0 unspecified atom stereocenters. The number of hydrogen-bond acceptors (Lipinski definition) is 4.